The maximum atomic E-state index is 13.4. The van der Waals surface area contributed by atoms with Crippen LogP contribution in [0.15, 0.2) is 39.7 Å². The number of pyridine rings is 1. The van der Waals surface area contributed by atoms with E-state index in [2.05, 4.69) is 15.5 Å². The van der Waals surface area contributed by atoms with E-state index in [4.69, 9.17) is 9.15 Å². The lowest BCUT2D eigenvalue weighted by Gasteiger charge is -2.38. The first-order chi connectivity index (χ1) is 17.4. The second-order valence-corrected chi connectivity index (χ2v) is 10.5. The molecule has 3 aromatic heterocycles. The van der Waals surface area contributed by atoms with E-state index in [1.54, 1.807) is 6.92 Å². The minimum atomic E-state index is -0.777. The number of rotatable bonds is 7. The number of carbonyl (C=O) groups is 1. The van der Waals surface area contributed by atoms with Crippen molar-refractivity contribution in [2.75, 3.05) is 19.8 Å². The standard InChI is InChI=1S/C27H34N4O5/c1-19-15-20(32)24(34)25(36-19)27(10-13-35-14-11-27)17-23(33)28-18-26(8-4-2-5-9-26)16-22-30-29-21-7-3-6-12-31(21)22/h3,6-7,12,15,34H,2,4-5,8-11,13-14,16-18H2,1H3,(H,28,33). The predicted octanol–water partition coefficient (Wildman–Crippen LogP) is 3.44. The third-order valence-corrected chi connectivity index (χ3v) is 7.97. The average Bonchev–Trinajstić information content (AvgIpc) is 3.28. The number of aromatic nitrogens is 3. The summed E-state index contributed by atoms with van der Waals surface area (Å²) in [5, 5.41) is 22.5. The first kappa shape index (κ1) is 24.5. The smallest absolute Gasteiger partial charge is 0.227 e. The predicted molar refractivity (Wildman–Crippen MR) is 133 cm³/mol. The van der Waals surface area contributed by atoms with Gasteiger partial charge in [-0.1, -0.05) is 25.3 Å². The molecule has 9 heteroatoms. The van der Waals surface area contributed by atoms with Crippen molar-refractivity contribution >= 4 is 11.6 Å². The number of ether oxygens (including phenoxy) is 1. The molecule has 1 saturated carbocycles. The number of nitrogens with zero attached hydrogens (tertiary/aromatic N) is 3. The molecule has 3 aromatic rings. The average molecular weight is 495 g/mol. The fourth-order valence-electron chi connectivity index (χ4n) is 5.93. The zero-order chi connectivity index (χ0) is 25.2. The summed E-state index contributed by atoms with van der Waals surface area (Å²) >= 11 is 0. The van der Waals surface area contributed by atoms with Crippen LogP contribution >= 0.6 is 0 Å². The highest BCUT2D eigenvalue weighted by Gasteiger charge is 2.42. The highest BCUT2D eigenvalue weighted by atomic mass is 16.5. The number of hydrogen-bond acceptors (Lipinski definition) is 7. The Hall–Kier alpha value is -3.20. The van der Waals surface area contributed by atoms with Crippen molar-refractivity contribution in [3.8, 4) is 5.75 Å². The van der Waals surface area contributed by atoms with E-state index in [0.29, 0.717) is 38.4 Å². The maximum Gasteiger partial charge on any atom is 0.227 e. The molecule has 4 heterocycles. The minimum Gasteiger partial charge on any atom is -0.502 e. The molecule has 2 aliphatic rings. The van der Waals surface area contributed by atoms with E-state index in [9.17, 15) is 14.7 Å². The van der Waals surface area contributed by atoms with Crippen LogP contribution in [0.1, 0.15) is 68.7 Å². The summed E-state index contributed by atoms with van der Waals surface area (Å²) < 4.78 is 13.4. The minimum absolute atomic E-state index is 0.0897. The van der Waals surface area contributed by atoms with Gasteiger partial charge in [0, 0.05) is 50.3 Å². The SMILES string of the molecule is Cc1cc(=O)c(O)c(C2(CC(=O)NCC3(Cc4nnc5ccccn45)CCCCC3)CCOCC2)o1. The first-order valence-corrected chi connectivity index (χ1v) is 12.9. The monoisotopic (exact) mass is 494 g/mol. The van der Waals surface area contributed by atoms with Crippen LogP contribution in [0.5, 0.6) is 5.75 Å². The van der Waals surface area contributed by atoms with Crippen LogP contribution < -0.4 is 10.7 Å². The molecular weight excluding hydrogens is 460 g/mol. The Bertz CT molecular complexity index is 1280. The van der Waals surface area contributed by atoms with Crippen LogP contribution in [0.4, 0.5) is 0 Å². The summed E-state index contributed by atoms with van der Waals surface area (Å²) in [4.78, 5) is 25.7. The van der Waals surface area contributed by atoms with Gasteiger partial charge in [-0.25, -0.2) is 0 Å². The number of carbonyl (C=O) groups excluding carboxylic acids is 1. The van der Waals surface area contributed by atoms with Crippen molar-refractivity contribution in [3.63, 3.8) is 0 Å². The Morgan fingerprint density at radius 3 is 2.69 bits per heavy atom. The summed E-state index contributed by atoms with van der Waals surface area (Å²) in [7, 11) is 0. The van der Waals surface area contributed by atoms with Gasteiger partial charge in [-0.15, -0.1) is 10.2 Å². The summed E-state index contributed by atoms with van der Waals surface area (Å²) in [6.45, 7) is 3.10. The molecule has 0 radical (unpaired) electrons. The maximum absolute atomic E-state index is 13.4. The van der Waals surface area contributed by atoms with Gasteiger partial charge in [-0.3, -0.25) is 14.0 Å². The normalized spacial score (nSPS) is 19.2. The number of amides is 1. The van der Waals surface area contributed by atoms with Gasteiger partial charge in [0.15, 0.2) is 11.4 Å². The zero-order valence-corrected chi connectivity index (χ0v) is 20.8. The van der Waals surface area contributed by atoms with E-state index in [-0.39, 0.29) is 23.5 Å². The fraction of sp³-hybridized carbons (Fsp3) is 0.556. The van der Waals surface area contributed by atoms with Gasteiger partial charge in [-0.05, 0) is 50.2 Å². The van der Waals surface area contributed by atoms with Gasteiger partial charge in [0.2, 0.25) is 17.1 Å². The summed E-state index contributed by atoms with van der Waals surface area (Å²) in [6, 6.07) is 7.14. The molecule has 1 saturated heterocycles. The Morgan fingerprint density at radius 1 is 1.14 bits per heavy atom. The van der Waals surface area contributed by atoms with Crippen molar-refractivity contribution < 1.29 is 19.1 Å². The number of fused-ring (bicyclic) bond motifs is 1. The molecule has 2 fully saturated rings. The zero-order valence-electron chi connectivity index (χ0n) is 20.8. The van der Waals surface area contributed by atoms with Gasteiger partial charge in [-0.2, -0.15) is 0 Å². The van der Waals surface area contributed by atoms with E-state index in [1.807, 2.05) is 28.8 Å². The lowest BCUT2D eigenvalue weighted by atomic mass is 9.71. The summed E-state index contributed by atoms with van der Waals surface area (Å²) in [6.07, 6.45) is 9.32. The Kier molecular flexibility index (Phi) is 6.83. The summed E-state index contributed by atoms with van der Waals surface area (Å²) in [5.41, 5.74) is -0.529. The van der Waals surface area contributed by atoms with Gasteiger partial charge in [0.1, 0.15) is 11.6 Å². The summed E-state index contributed by atoms with van der Waals surface area (Å²) in [5.74, 6) is 1.01. The Labute approximate surface area is 209 Å². The van der Waals surface area contributed by atoms with Crippen molar-refractivity contribution in [3.05, 3.63) is 58.0 Å². The second-order valence-electron chi connectivity index (χ2n) is 10.5. The molecule has 36 heavy (non-hydrogen) atoms. The Balaban J connectivity index is 1.35. The number of hydrogen-bond donors (Lipinski definition) is 2. The number of aryl methyl sites for hydroxylation is 1. The van der Waals surface area contributed by atoms with E-state index >= 15 is 0 Å². The van der Waals surface area contributed by atoms with E-state index in [1.165, 1.54) is 12.5 Å². The van der Waals surface area contributed by atoms with Crippen LogP contribution in [-0.2, 0) is 21.4 Å². The van der Waals surface area contributed by atoms with Crippen molar-refractivity contribution in [1.82, 2.24) is 19.9 Å². The molecule has 9 nitrogen and oxygen atoms in total. The molecule has 1 aliphatic carbocycles. The molecule has 0 atom stereocenters. The molecule has 192 valence electrons. The first-order valence-electron chi connectivity index (χ1n) is 12.9. The molecule has 0 bridgehead atoms. The molecule has 0 aromatic carbocycles. The number of aromatic hydroxyl groups is 1. The van der Waals surface area contributed by atoms with Crippen LogP contribution in [-0.4, -0.2) is 45.4 Å². The quantitative estimate of drug-likeness (QED) is 0.516. The van der Waals surface area contributed by atoms with Crippen LogP contribution in [0.3, 0.4) is 0 Å². The Morgan fingerprint density at radius 2 is 1.92 bits per heavy atom. The van der Waals surface area contributed by atoms with Crippen LogP contribution in [0.25, 0.3) is 5.65 Å². The topological polar surface area (TPSA) is 119 Å². The van der Waals surface area contributed by atoms with Gasteiger partial charge < -0.3 is 19.6 Å². The third kappa shape index (κ3) is 4.89. The van der Waals surface area contributed by atoms with Crippen LogP contribution in [0, 0.1) is 12.3 Å². The fourth-order valence-corrected chi connectivity index (χ4v) is 5.93. The molecule has 2 N–H and O–H groups in total. The molecule has 1 amide bonds. The molecule has 0 unspecified atom stereocenters. The third-order valence-electron chi connectivity index (χ3n) is 7.97. The largest absolute Gasteiger partial charge is 0.502 e. The van der Waals surface area contributed by atoms with Gasteiger partial charge in [0.25, 0.3) is 0 Å². The molecule has 0 spiro atoms. The molecular formula is C27H34N4O5. The highest BCUT2D eigenvalue weighted by Crippen LogP contribution is 2.42. The van der Waals surface area contributed by atoms with Gasteiger partial charge in [0.05, 0.1) is 0 Å². The van der Waals surface area contributed by atoms with Crippen LogP contribution in [0.2, 0.25) is 0 Å². The second kappa shape index (κ2) is 10.0. The van der Waals surface area contributed by atoms with Crippen molar-refractivity contribution in [2.24, 2.45) is 5.41 Å². The lowest BCUT2D eigenvalue weighted by molar-refractivity contribution is -0.124. The lowest BCUT2D eigenvalue weighted by Crippen LogP contribution is -2.44. The van der Waals surface area contributed by atoms with E-state index < -0.39 is 16.6 Å². The van der Waals surface area contributed by atoms with E-state index in [0.717, 1.165) is 43.6 Å². The highest BCUT2D eigenvalue weighted by molar-refractivity contribution is 5.77. The van der Waals surface area contributed by atoms with Crippen molar-refractivity contribution in [2.45, 2.75) is 70.1 Å². The van der Waals surface area contributed by atoms with Gasteiger partial charge >= 0.3 is 0 Å². The molecule has 1 aliphatic heterocycles. The molecule has 5 rings (SSSR count). The number of nitrogens with one attached hydrogen (secondary N) is 1. The van der Waals surface area contributed by atoms with Crippen molar-refractivity contribution in [1.29, 1.82) is 0 Å².